The number of rotatable bonds is 5. The molecule has 0 aromatic carbocycles. The summed E-state index contributed by atoms with van der Waals surface area (Å²) in [6, 6.07) is 0. The van der Waals surface area contributed by atoms with Crippen molar-refractivity contribution in [3.05, 3.63) is 25.0 Å². The Kier molecular flexibility index (Phi) is 6.39. The van der Waals surface area contributed by atoms with E-state index in [1.54, 1.807) is 0 Å². The number of hydrogen-bond donors (Lipinski definition) is 0. The summed E-state index contributed by atoms with van der Waals surface area (Å²) in [5.41, 5.74) is 0. The molecule has 2 nitrogen and oxygen atoms in total. The Balaban J connectivity index is 3.23. The van der Waals surface area contributed by atoms with Gasteiger partial charge in [-0.15, -0.1) is 0 Å². The van der Waals surface area contributed by atoms with Gasteiger partial charge in [-0.3, -0.25) is 4.79 Å². The molecule has 0 aliphatic rings. The van der Waals surface area contributed by atoms with E-state index in [4.69, 9.17) is 0 Å². The van der Waals surface area contributed by atoms with E-state index in [1.807, 2.05) is 19.1 Å². The smallest absolute Gasteiger partial charge is 0.310 e. The van der Waals surface area contributed by atoms with E-state index in [1.165, 1.54) is 0 Å². The minimum atomic E-state index is -0.204. The van der Waals surface area contributed by atoms with E-state index in [0.717, 1.165) is 19.1 Å². The molecule has 0 heterocycles. The Labute approximate surface area is 67.6 Å². The van der Waals surface area contributed by atoms with Gasteiger partial charge >= 0.3 is 5.97 Å². The number of hydrogen-bond acceptors (Lipinski definition) is 2. The summed E-state index contributed by atoms with van der Waals surface area (Å²) < 4.78 is 4.52. The van der Waals surface area contributed by atoms with E-state index in [0.29, 0.717) is 6.42 Å². The number of carbonyl (C=O) groups excluding carboxylic acids is 1. The average Bonchev–Trinajstić information content (AvgIpc) is 1.99. The van der Waals surface area contributed by atoms with Gasteiger partial charge in [-0.25, -0.2) is 0 Å². The summed E-state index contributed by atoms with van der Waals surface area (Å²) >= 11 is 0. The minimum absolute atomic E-state index is 0.204. The summed E-state index contributed by atoms with van der Waals surface area (Å²) in [6.45, 7) is 5.25. The zero-order valence-corrected chi connectivity index (χ0v) is 6.88. The van der Waals surface area contributed by atoms with E-state index in [-0.39, 0.29) is 5.97 Å². The molecule has 0 aliphatic carbocycles. The van der Waals surface area contributed by atoms with Crippen molar-refractivity contribution in [2.24, 2.45) is 0 Å². The van der Waals surface area contributed by atoms with Crippen molar-refractivity contribution in [1.82, 2.24) is 0 Å². The predicted molar refractivity (Wildman–Crippen MR) is 45.0 cm³/mol. The summed E-state index contributed by atoms with van der Waals surface area (Å²) in [7, 11) is 0. The first-order valence-corrected chi connectivity index (χ1v) is 3.72. The summed E-state index contributed by atoms with van der Waals surface area (Å²) in [6.07, 6.45) is 7.41. The van der Waals surface area contributed by atoms with Crippen LogP contribution in [0.5, 0.6) is 0 Å². The number of ether oxygens (including phenoxy) is 1. The fourth-order valence-electron chi connectivity index (χ4n) is 0.683. The third-order valence-corrected chi connectivity index (χ3v) is 1.20. The lowest BCUT2D eigenvalue weighted by Gasteiger charge is -1.95. The van der Waals surface area contributed by atoms with Crippen LogP contribution < -0.4 is 0 Å². The van der Waals surface area contributed by atoms with Crippen molar-refractivity contribution in [3.63, 3.8) is 0 Å². The lowest BCUT2D eigenvalue weighted by molar-refractivity contribution is -0.138. The first-order valence-electron chi connectivity index (χ1n) is 3.72. The molecule has 0 aromatic rings. The number of esters is 1. The lowest BCUT2D eigenvalue weighted by Crippen LogP contribution is -1.97. The van der Waals surface area contributed by atoms with E-state index in [2.05, 4.69) is 11.3 Å². The van der Waals surface area contributed by atoms with Crippen molar-refractivity contribution >= 4 is 5.97 Å². The molecule has 11 heavy (non-hydrogen) atoms. The van der Waals surface area contributed by atoms with Crippen molar-refractivity contribution in [2.75, 3.05) is 0 Å². The highest BCUT2D eigenvalue weighted by atomic mass is 16.5. The van der Waals surface area contributed by atoms with Crippen LogP contribution in [0.15, 0.2) is 25.0 Å². The second-order valence-corrected chi connectivity index (χ2v) is 2.12. The van der Waals surface area contributed by atoms with Crippen LogP contribution in [0.3, 0.4) is 0 Å². The summed E-state index contributed by atoms with van der Waals surface area (Å²) in [5, 5.41) is 0. The predicted octanol–water partition coefficient (Wildman–Crippen LogP) is 2.42. The van der Waals surface area contributed by atoms with E-state index >= 15 is 0 Å². The molecule has 0 atom stereocenters. The Morgan fingerprint density at radius 1 is 1.64 bits per heavy atom. The number of carbonyl (C=O) groups is 1. The number of unbranched alkanes of at least 4 members (excludes halogenated alkanes) is 1. The Morgan fingerprint density at radius 2 is 2.36 bits per heavy atom. The van der Waals surface area contributed by atoms with Crippen molar-refractivity contribution < 1.29 is 9.53 Å². The van der Waals surface area contributed by atoms with Crippen molar-refractivity contribution in [3.8, 4) is 0 Å². The fraction of sp³-hybridized carbons (Fsp3) is 0.444. The van der Waals surface area contributed by atoms with Crippen molar-refractivity contribution in [1.29, 1.82) is 0 Å². The molecular formula is C9H14O2. The molecule has 0 spiro atoms. The quantitative estimate of drug-likeness (QED) is 0.263. The first kappa shape index (κ1) is 9.95. The maximum atomic E-state index is 10.7. The zero-order chi connectivity index (χ0) is 8.53. The molecular weight excluding hydrogens is 140 g/mol. The van der Waals surface area contributed by atoms with Crippen LogP contribution >= 0.6 is 0 Å². The molecule has 0 bridgehead atoms. The molecule has 0 unspecified atom stereocenters. The molecule has 0 aromatic heterocycles. The normalized spacial score (nSPS) is 9.91. The molecule has 0 aliphatic heterocycles. The molecule has 0 saturated heterocycles. The highest BCUT2D eigenvalue weighted by Crippen LogP contribution is 1.98. The van der Waals surface area contributed by atoms with Gasteiger partial charge in [-0.1, -0.05) is 18.7 Å². The van der Waals surface area contributed by atoms with Crippen LogP contribution in [-0.2, 0) is 9.53 Å². The third kappa shape index (κ3) is 6.84. The van der Waals surface area contributed by atoms with Gasteiger partial charge in [-0.05, 0) is 19.8 Å². The Morgan fingerprint density at radius 3 is 2.91 bits per heavy atom. The molecule has 0 rings (SSSR count). The van der Waals surface area contributed by atoms with Crippen molar-refractivity contribution in [2.45, 2.75) is 26.2 Å². The maximum absolute atomic E-state index is 10.7. The van der Waals surface area contributed by atoms with Gasteiger partial charge in [0.05, 0.1) is 6.26 Å². The van der Waals surface area contributed by atoms with Crippen LogP contribution in [-0.4, -0.2) is 5.97 Å². The second-order valence-electron chi connectivity index (χ2n) is 2.12. The van der Waals surface area contributed by atoms with E-state index < -0.39 is 0 Å². The lowest BCUT2D eigenvalue weighted by atomic mass is 10.2. The highest BCUT2D eigenvalue weighted by molar-refractivity contribution is 5.69. The largest absolute Gasteiger partial charge is 0.435 e. The monoisotopic (exact) mass is 154 g/mol. The van der Waals surface area contributed by atoms with Gasteiger partial charge in [0.15, 0.2) is 0 Å². The second kappa shape index (κ2) is 7.06. The molecule has 62 valence electrons. The van der Waals surface area contributed by atoms with Gasteiger partial charge < -0.3 is 4.74 Å². The average molecular weight is 154 g/mol. The molecule has 2 heteroatoms. The van der Waals surface area contributed by atoms with Gasteiger partial charge in [0.25, 0.3) is 0 Å². The number of allylic oxidation sites excluding steroid dienone is 2. The van der Waals surface area contributed by atoms with Crippen LogP contribution in [0.25, 0.3) is 0 Å². The molecule has 0 radical (unpaired) electrons. The van der Waals surface area contributed by atoms with Gasteiger partial charge in [0.1, 0.15) is 0 Å². The fourth-order valence-corrected chi connectivity index (χ4v) is 0.683. The third-order valence-electron chi connectivity index (χ3n) is 1.20. The Hall–Kier alpha value is -1.05. The topological polar surface area (TPSA) is 26.3 Å². The molecule has 0 saturated carbocycles. The van der Waals surface area contributed by atoms with Crippen LogP contribution in [0.4, 0.5) is 0 Å². The first-order chi connectivity index (χ1) is 5.31. The zero-order valence-electron chi connectivity index (χ0n) is 6.88. The molecule has 0 N–H and O–H groups in total. The van der Waals surface area contributed by atoms with Crippen LogP contribution in [0.2, 0.25) is 0 Å². The highest BCUT2D eigenvalue weighted by Gasteiger charge is 1.97. The SMILES string of the molecule is C=COC(=O)CCC/C=C/C. The van der Waals surface area contributed by atoms with Gasteiger partial charge in [0.2, 0.25) is 0 Å². The molecule has 0 amide bonds. The minimum Gasteiger partial charge on any atom is -0.435 e. The Bertz CT molecular complexity index is 148. The summed E-state index contributed by atoms with van der Waals surface area (Å²) in [4.78, 5) is 10.7. The van der Waals surface area contributed by atoms with E-state index in [9.17, 15) is 4.79 Å². The van der Waals surface area contributed by atoms with Gasteiger partial charge in [0, 0.05) is 6.42 Å². The van der Waals surface area contributed by atoms with Crippen LogP contribution in [0.1, 0.15) is 26.2 Å². The standard InChI is InChI=1S/C9H14O2/c1-3-5-6-7-8-9(10)11-4-2/h3-5H,2,6-8H2,1H3/b5-3+. The maximum Gasteiger partial charge on any atom is 0.310 e. The molecule has 0 fully saturated rings. The van der Waals surface area contributed by atoms with Gasteiger partial charge in [-0.2, -0.15) is 0 Å². The van der Waals surface area contributed by atoms with Crippen LogP contribution in [0, 0.1) is 0 Å². The summed E-state index contributed by atoms with van der Waals surface area (Å²) in [5.74, 6) is -0.204.